The second-order valence-electron chi connectivity index (χ2n) is 6.80. The van der Waals surface area contributed by atoms with Gasteiger partial charge in [-0.2, -0.15) is 22.5 Å². The third-order valence-electron chi connectivity index (χ3n) is 4.71. The molecule has 3 N–H and O–H groups in total. The van der Waals surface area contributed by atoms with E-state index in [1.807, 2.05) is 6.92 Å². The number of likely N-dealkylation sites (N-methyl/N-ethyl adjacent to an activating group) is 1. The summed E-state index contributed by atoms with van der Waals surface area (Å²) in [7, 11) is -0.737. The van der Waals surface area contributed by atoms with Crippen molar-refractivity contribution in [3.05, 3.63) is 41.2 Å². The molecule has 0 bridgehead atoms. The van der Waals surface area contributed by atoms with Crippen molar-refractivity contribution >= 4 is 21.8 Å². The van der Waals surface area contributed by atoms with Crippen molar-refractivity contribution in [3.8, 4) is 5.75 Å². The Morgan fingerprint density at radius 1 is 1.33 bits per heavy atom. The van der Waals surface area contributed by atoms with E-state index in [1.54, 1.807) is 37.0 Å². The highest BCUT2D eigenvalue weighted by molar-refractivity contribution is 7.87. The van der Waals surface area contributed by atoms with Crippen molar-refractivity contribution in [1.29, 1.82) is 0 Å². The van der Waals surface area contributed by atoms with Crippen LogP contribution in [-0.2, 0) is 22.1 Å². The molecule has 1 saturated heterocycles. The van der Waals surface area contributed by atoms with Crippen LogP contribution < -0.4 is 10.0 Å². The van der Waals surface area contributed by atoms with Crippen LogP contribution in [0.25, 0.3) is 0 Å². The molecule has 27 heavy (non-hydrogen) atoms. The van der Waals surface area contributed by atoms with Crippen LogP contribution in [0.3, 0.4) is 0 Å². The van der Waals surface area contributed by atoms with Gasteiger partial charge in [0.25, 0.3) is 10.2 Å². The van der Waals surface area contributed by atoms with E-state index in [0.29, 0.717) is 5.69 Å². The maximum atomic E-state index is 12.8. The van der Waals surface area contributed by atoms with Gasteiger partial charge < -0.3 is 10.4 Å². The van der Waals surface area contributed by atoms with Gasteiger partial charge in [-0.25, -0.2) is 0 Å². The topological polar surface area (TPSA) is 117 Å². The fraction of sp³-hybridized carbons (Fsp3) is 0.412. The molecule has 2 aromatic rings. The first-order valence-corrected chi connectivity index (χ1v) is 9.88. The maximum Gasteiger partial charge on any atom is 0.280 e. The number of carbonyl (C=O) groups is 1. The zero-order chi connectivity index (χ0) is 19.9. The highest BCUT2D eigenvalue weighted by atomic mass is 32.2. The fourth-order valence-electron chi connectivity index (χ4n) is 3.24. The fourth-order valence-corrected chi connectivity index (χ4v) is 4.50. The van der Waals surface area contributed by atoms with Crippen LogP contribution in [0.4, 0.5) is 5.69 Å². The monoisotopic (exact) mass is 393 g/mol. The first kappa shape index (κ1) is 19.3. The molecule has 1 aliphatic heterocycles. The summed E-state index contributed by atoms with van der Waals surface area (Å²) in [4.78, 5) is 12.8. The van der Waals surface area contributed by atoms with Gasteiger partial charge in [0.05, 0.1) is 17.4 Å². The molecule has 10 heteroatoms. The molecule has 0 saturated carbocycles. The van der Waals surface area contributed by atoms with Crippen LogP contribution >= 0.6 is 0 Å². The average Bonchev–Trinajstić information content (AvgIpc) is 2.91. The normalized spacial score (nSPS) is 22.5. The van der Waals surface area contributed by atoms with Crippen LogP contribution in [0.1, 0.15) is 29.3 Å². The van der Waals surface area contributed by atoms with Crippen molar-refractivity contribution in [2.45, 2.75) is 32.4 Å². The molecule has 1 aromatic carbocycles. The number of phenols is 1. The van der Waals surface area contributed by atoms with E-state index in [0.717, 1.165) is 15.4 Å². The van der Waals surface area contributed by atoms with Crippen molar-refractivity contribution in [1.82, 2.24) is 18.8 Å². The first-order valence-electron chi connectivity index (χ1n) is 8.44. The number of hydrogen-bond donors (Lipinski definition) is 3. The van der Waals surface area contributed by atoms with Gasteiger partial charge in [0.2, 0.25) is 5.91 Å². The van der Waals surface area contributed by atoms with Crippen LogP contribution in [0, 0.1) is 13.8 Å². The lowest BCUT2D eigenvalue weighted by Crippen LogP contribution is -2.56. The number of nitrogens with one attached hydrogen (secondary N) is 2. The van der Waals surface area contributed by atoms with Gasteiger partial charge in [-0.1, -0.05) is 6.07 Å². The van der Waals surface area contributed by atoms with Crippen LogP contribution in [-0.4, -0.2) is 46.6 Å². The highest BCUT2D eigenvalue weighted by Gasteiger charge is 2.41. The zero-order valence-electron chi connectivity index (χ0n) is 15.6. The van der Waals surface area contributed by atoms with Crippen molar-refractivity contribution in [2.24, 2.45) is 7.05 Å². The minimum Gasteiger partial charge on any atom is -0.506 e. The zero-order valence-corrected chi connectivity index (χ0v) is 16.4. The van der Waals surface area contributed by atoms with E-state index in [2.05, 4.69) is 15.1 Å². The summed E-state index contributed by atoms with van der Waals surface area (Å²) < 4.78 is 30.3. The highest BCUT2D eigenvalue weighted by Crippen LogP contribution is 2.31. The predicted molar refractivity (Wildman–Crippen MR) is 100 cm³/mol. The third-order valence-corrected chi connectivity index (χ3v) is 6.30. The average molecular weight is 393 g/mol. The number of amides is 1. The molecule has 1 aliphatic rings. The summed E-state index contributed by atoms with van der Waals surface area (Å²) in [6, 6.07) is 3.33. The molecule has 3 rings (SSSR count). The molecule has 146 valence electrons. The van der Waals surface area contributed by atoms with Crippen molar-refractivity contribution in [2.75, 3.05) is 12.4 Å². The summed E-state index contributed by atoms with van der Waals surface area (Å²) in [6.45, 7) is 3.62. The summed E-state index contributed by atoms with van der Waals surface area (Å²) in [6.07, 6.45) is 1.98. The van der Waals surface area contributed by atoms with Crippen LogP contribution in [0.15, 0.2) is 24.4 Å². The van der Waals surface area contributed by atoms with E-state index in [9.17, 15) is 18.3 Å². The van der Waals surface area contributed by atoms with Gasteiger partial charge >= 0.3 is 0 Å². The van der Waals surface area contributed by atoms with E-state index >= 15 is 0 Å². The second kappa shape index (κ2) is 6.95. The minimum absolute atomic E-state index is 0.0759. The Labute approximate surface area is 158 Å². The molecular weight excluding hydrogens is 370 g/mol. The molecule has 1 fully saturated rings. The Hall–Kier alpha value is -2.43. The number of phenolic OH excluding ortho intramolecular Hbond substituents is 1. The Balaban J connectivity index is 1.89. The first-order chi connectivity index (χ1) is 12.6. The molecule has 2 atom stereocenters. The smallest absolute Gasteiger partial charge is 0.280 e. The van der Waals surface area contributed by atoms with Gasteiger partial charge in [0.15, 0.2) is 0 Å². The largest absolute Gasteiger partial charge is 0.506 e. The number of rotatable bonds is 3. The number of nitrogens with zero attached hydrogens (tertiary/aromatic N) is 3. The standard InChI is InChI=1S/C17H23N5O4S/c1-10-5-6-16(23)14(7-10)18-17(24)15-8-13(20-27(25,26)22(15)4)12-9-21(3)19-11(12)2/h5-7,9,13,15,20,23H,8H2,1-4H3,(H,18,24)/t13-,15-/m0/s1. The SMILES string of the molecule is Cc1ccc(O)c(NC(=O)[C@@H]2C[C@@H](c3cn(C)nc3C)NS(=O)(=O)N2C)c1. The van der Waals surface area contributed by atoms with Crippen LogP contribution in [0.2, 0.25) is 0 Å². The van der Waals surface area contributed by atoms with Gasteiger partial charge in [0.1, 0.15) is 11.8 Å². The molecule has 0 aliphatic carbocycles. The van der Waals surface area contributed by atoms with E-state index in [-0.39, 0.29) is 17.9 Å². The lowest BCUT2D eigenvalue weighted by atomic mass is 10.00. The molecular formula is C17H23N5O4S. The van der Waals surface area contributed by atoms with Crippen LogP contribution in [0.5, 0.6) is 5.75 Å². The van der Waals surface area contributed by atoms with Crippen molar-refractivity contribution in [3.63, 3.8) is 0 Å². The van der Waals surface area contributed by atoms with Gasteiger partial charge in [-0.15, -0.1) is 0 Å². The lowest BCUT2D eigenvalue weighted by molar-refractivity contribution is -0.120. The summed E-state index contributed by atoms with van der Waals surface area (Å²) >= 11 is 0. The van der Waals surface area contributed by atoms with Gasteiger partial charge in [-0.3, -0.25) is 9.48 Å². The summed E-state index contributed by atoms with van der Waals surface area (Å²) in [5, 5.41) is 16.8. The van der Waals surface area contributed by atoms with Gasteiger partial charge in [0, 0.05) is 25.9 Å². The third kappa shape index (κ3) is 3.82. The Bertz CT molecular complexity index is 985. The molecule has 1 aromatic heterocycles. The Kier molecular flexibility index (Phi) is 4.98. The number of benzene rings is 1. The number of aromatic hydroxyl groups is 1. The predicted octanol–water partition coefficient (Wildman–Crippen LogP) is 0.961. The summed E-state index contributed by atoms with van der Waals surface area (Å²) in [5.74, 6) is -0.580. The molecule has 0 spiro atoms. The lowest BCUT2D eigenvalue weighted by Gasteiger charge is -2.36. The van der Waals surface area contributed by atoms with E-state index in [4.69, 9.17) is 0 Å². The number of anilines is 1. The number of aromatic nitrogens is 2. The Morgan fingerprint density at radius 2 is 2.04 bits per heavy atom. The molecule has 0 radical (unpaired) electrons. The van der Waals surface area contributed by atoms with Gasteiger partial charge in [-0.05, 0) is 38.0 Å². The summed E-state index contributed by atoms with van der Waals surface area (Å²) in [5.41, 5.74) is 2.53. The molecule has 1 amide bonds. The Morgan fingerprint density at radius 3 is 2.67 bits per heavy atom. The van der Waals surface area contributed by atoms with Crippen molar-refractivity contribution < 1.29 is 18.3 Å². The molecule has 0 unspecified atom stereocenters. The number of carbonyl (C=O) groups excluding carboxylic acids is 1. The maximum absolute atomic E-state index is 12.8. The molecule has 2 heterocycles. The van der Waals surface area contributed by atoms with E-state index < -0.39 is 28.2 Å². The second-order valence-corrected chi connectivity index (χ2v) is 8.56. The minimum atomic E-state index is -3.85. The number of hydrogen-bond acceptors (Lipinski definition) is 5. The molecule has 9 nitrogen and oxygen atoms in total. The quantitative estimate of drug-likeness (QED) is 0.672. The number of aryl methyl sites for hydroxylation is 3. The van der Waals surface area contributed by atoms with E-state index in [1.165, 1.54) is 13.1 Å².